The number of sulfonamides is 2. The number of methoxy groups -OCH3 is 1. The Labute approximate surface area is 192 Å². The van der Waals surface area contributed by atoms with E-state index in [0.717, 1.165) is 6.26 Å². The normalized spacial score (nSPS) is 11.5. The Morgan fingerprint density at radius 1 is 0.848 bits per heavy atom. The van der Waals surface area contributed by atoms with E-state index in [9.17, 15) is 21.6 Å². The number of para-hydroxylation sites is 2. The minimum absolute atomic E-state index is 0.0167. The van der Waals surface area contributed by atoms with Crippen molar-refractivity contribution in [2.24, 2.45) is 0 Å². The number of hydrogen-bond acceptors (Lipinski definition) is 6. The fraction of sp³-hybridized carbons (Fsp3) is 0.136. The Kier molecular flexibility index (Phi) is 6.94. The fourth-order valence-electron chi connectivity index (χ4n) is 2.98. The SMILES string of the molecule is COc1ccccc1NS(=O)(=O)c1ccc(C(=O)Nc2ccc(NS(C)(=O)=O)c(C)c2)cc1. The number of aryl methyl sites for hydroxylation is 1. The molecule has 0 saturated heterocycles. The zero-order chi connectivity index (χ0) is 24.2. The van der Waals surface area contributed by atoms with Crippen molar-refractivity contribution >= 4 is 43.0 Å². The van der Waals surface area contributed by atoms with Gasteiger partial charge in [0.2, 0.25) is 10.0 Å². The number of anilines is 3. The molecule has 0 saturated carbocycles. The number of nitrogens with one attached hydrogen (secondary N) is 3. The van der Waals surface area contributed by atoms with Crippen molar-refractivity contribution < 1.29 is 26.4 Å². The molecule has 0 unspecified atom stereocenters. The molecule has 0 bridgehead atoms. The molecule has 3 N–H and O–H groups in total. The molecule has 174 valence electrons. The lowest BCUT2D eigenvalue weighted by Gasteiger charge is -2.12. The Morgan fingerprint density at radius 3 is 2.12 bits per heavy atom. The van der Waals surface area contributed by atoms with Gasteiger partial charge in [-0.05, 0) is 67.1 Å². The molecule has 9 nitrogen and oxygen atoms in total. The van der Waals surface area contributed by atoms with Gasteiger partial charge in [0, 0.05) is 11.3 Å². The van der Waals surface area contributed by atoms with Gasteiger partial charge in [0.05, 0.1) is 29.6 Å². The van der Waals surface area contributed by atoms with Crippen LogP contribution in [0.1, 0.15) is 15.9 Å². The van der Waals surface area contributed by atoms with Crippen LogP contribution in [0.5, 0.6) is 5.75 Å². The third-order valence-corrected chi connectivity index (χ3v) is 6.53. The zero-order valence-electron chi connectivity index (χ0n) is 18.1. The molecule has 33 heavy (non-hydrogen) atoms. The average molecular weight is 490 g/mol. The van der Waals surface area contributed by atoms with Gasteiger partial charge in [-0.2, -0.15) is 0 Å². The number of ether oxygens (including phenoxy) is 1. The molecule has 3 aromatic carbocycles. The van der Waals surface area contributed by atoms with Gasteiger partial charge in [0.1, 0.15) is 5.75 Å². The first-order chi connectivity index (χ1) is 15.5. The molecule has 0 radical (unpaired) electrons. The van der Waals surface area contributed by atoms with Crippen molar-refractivity contribution in [3.63, 3.8) is 0 Å². The summed E-state index contributed by atoms with van der Waals surface area (Å²) < 4.78 is 58.2. The summed E-state index contributed by atoms with van der Waals surface area (Å²) in [5, 5.41) is 2.70. The summed E-state index contributed by atoms with van der Waals surface area (Å²) in [6.45, 7) is 1.71. The molecule has 0 aromatic heterocycles. The molecular weight excluding hydrogens is 466 g/mol. The molecule has 1 amide bonds. The predicted octanol–water partition coefficient (Wildman–Crippen LogP) is 3.43. The van der Waals surface area contributed by atoms with Gasteiger partial charge in [-0.3, -0.25) is 14.2 Å². The highest BCUT2D eigenvalue weighted by Crippen LogP contribution is 2.26. The summed E-state index contributed by atoms with van der Waals surface area (Å²) in [6.07, 6.45) is 1.05. The molecular formula is C22H23N3O6S2. The van der Waals surface area contributed by atoms with Crippen molar-refractivity contribution in [1.29, 1.82) is 0 Å². The fourth-order valence-corrected chi connectivity index (χ4v) is 4.68. The first kappa shape index (κ1) is 24.1. The van der Waals surface area contributed by atoms with Gasteiger partial charge < -0.3 is 10.1 Å². The van der Waals surface area contributed by atoms with Gasteiger partial charge in [-0.15, -0.1) is 0 Å². The zero-order valence-corrected chi connectivity index (χ0v) is 19.7. The van der Waals surface area contributed by atoms with Crippen LogP contribution in [0.15, 0.2) is 71.6 Å². The second-order valence-electron chi connectivity index (χ2n) is 7.19. The van der Waals surface area contributed by atoms with E-state index in [-0.39, 0.29) is 10.5 Å². The maximum absolute atomic E-state index is 12.7. The number of carbonyl (C=O) groups excluding carboxylic acids is 1. The number of benzene rings is 3. The van der Waals surface area contributed by atoms with Gasteiger partial charge in [0.15, 0.2) is 0 Å². The highest BCUT2D eigenvalue weighted by molar-refractivity contribution is 7.92. The van der Waals surface area contributed by atoms with Crippen molar-refractivity contribution in [1.82, 2.24) is 0 Å². The molecule has 0 aliphatic carbocycles. The summed E-state index contributed by atoms with van der Waals surface area (Å²) >= 11 is 0. The number of hydrogen-bond donors (Lipinski definition) is 3. The quantitative estimate of drug-likeness (QED) is 0.444. The average Bonchev–Trinajstić information content (AvgIpc) is 2.75. The van der Waals surface area contributed by atoms with Crippen LogP contribution < -0.4 is 19.5 Å². The molecule has 0 fully saturated rings. The lowest BCUT2D eigenvalue weighted by atomic mass is 10.1. The third kappa shape index (κ3) is 6.24. The monoisotopic (exact) mass is 489 g/mol. The third-order valence-electron chi connectivity index (χ3n) is 4.56. The van der Waals surface area contributed by atoms with Gasteiger partial charge in [-0.1, -0.05) is 12.1 Å². The van der Waals surface area contributed by atoms with Gasteiger partial charge in [-0.25, -0.2) is 16.8 Å². The van der Waals surface area contributed by atoms with E-state index in [4.69, 9.17) is 4.74 Å². The lowest BCUT2D eigenvalue weighted by Crippen LogP contribution is -2.15. The first-order valence-corrected chi connectivity index (χ1v) is 13.0. The summed E-state index contributed by atoms with van der Waals surface area (Å²) in [4.78, 5) is 12.6. The van der Waals surface area contributed by atoms with E-state index < -0.39 is 26.0 Å². The standard InChI is InChI=1S/C22H23N3O6S2/c1-15-14-17(10-13-19(15)24-32(3,27)28)23-22(26)16-8-11-18(12-9-16)33(29,30)25-20-6-4-5-7-21(20)31-2/h4-14,24-25H,1-3H3,(H,23,26). The molecule has 11 heteroatoms. The van der Waals surface area contributed by atoms with Gasteiger partial charge in [0.25, 0.3) is 15.9 Å². The van der Waals surface area contributed by atoms with Crippen LogP contribution in [0.25, 0.3) is 0 Å². The smallest absolute Gasteiger partial charge is 0.262 e. The maximum atomic E-state index is 12.7. The van der Waals surface area contributed by atoms with Crippen LogP contribution in [0.3, 0.4) is 0 Å². The Hall–Kier alpha value is -3.57. The second kappa shape index (κ2) is 9.51. The Morgan fingerprint density at radius 2 is 1.52 bits per heavy atom. The molecule has 3 aromatic rings. The summed E-state index contributed by atoms with van der Waals surface area (Å²) in [5.41, 5.74) is 2.05. The minimum Gasteiger partial charge on any atom is -0.495 e. The largest absolute Gasteiger partial charge is 0.495 e. The van der Waals surface area contributed by atoms with E-state index in [1.807, 2.05) is 0 Å². The van der Waals surface area contributed by atoms with E-state index in [0.29, 0.717) is 28.4 Å². The predicted molar refractivity (Wildman–Crippen MR) is 128 cm³/mol. The molecule has 0 atom stereocenters. The highest BCUT2D eigenvalue weighted by atomic mass is 32.2. The van der Waals surface area contributed by atoms with Crippen molar-refractivity contribution in [2.45, 2.75) is 11.8 Å². The second-order valence-corrected chi connectivity index (χ2v) is 10.6. The van der Waals surface area contributed by atoms with E-state index >= 15 is 0 Å². The van der Waals surface area contributed by atoms with E-state index in [1.165, 1.54) is 31.4 Å². The van der Waals surface area contributed by atoms with Crippen LogP contribution >= 0.6 is 0 Å². The Bertz CT molecular complexity index is 1390. The molecule has 0 spiro atoms. The molecule has 0 aliphatic rings. The van der Waals surface area contributed by atoms with Crippen LogP contribution in [0.2, 0.25) is 0 Å². The van der Waals surface area contributed by atoms with E-state index in [2.05, 4.69) is 14.8 Å². The summed E-state index contributed by atoms with van der Waals surface area (Å²) in [5.74, 6) is -0.0648. The summed E-state index contributed by atoms with van der Waals surface area (Å²) in [6, 6.07) is 16.8. The van der Waals surface area contributed by atoms with Crippen molar-refractivity contribution in [3.05, 3.63) is 77.9 Å². The Balaban J connectivity index is 1.73. The maximum Gasteiger partial charge on any atom is 0.262 e. The number of amides is 1. The number of rotatable bonds is 8. The van der Waals surface area contributed by atoms with Crippen LogP contribution in [-0.2, 0) is 20.0 Å². The van der Waals surface area contributed by atoms with Crippen molar-refractivity contribution in [3.8, 4) is 5.75 Å². The molecule has 0 aliphatic heterocycles. The number of carbonyl (C=O) groups is 1. The highest BCUT2D eigenvalue weighted by Gasteiger charge is 2.17. The van der Waals surface area contributed by atoms with Crippen molar-refractivity contribution in [2.75, 3.05) is 28.1 Å². The first-order valence-electron chi connectivity index (χ1n) is 9.64. The summed E-state index contributed by atoms with van der Waals surface area (Å²) in [7, 11) is -5.87. The van der Waals surface area contributed by atoms with Crippen LogP contribution in [-0.4, -0.2) is 36.1 Å². The minimum atomic E-state index is -3.89. The lowest BCUT2D eigenvalue weighted by molar-refractivity contribution is 0.102. The van der Waals surface area contributed by atoms with Gasteiger partial charge >= 0.3 is 0 Å². The van der Waals surface area contributed by atoms with Crippen LogP contribution in [0.4, 0.5) is 17.1 Å². The van der Waals surface area contributed by atoms with Crippen LogP contribution in [0, 0.1) is 6.92 Å². The van der Waals surface area contributed by atoms with E-state index in [1.54, 1.807) is 49.4 Å². The molecule has 0 heterocycles. The topological polar surface area (TPSA) is 131 Å². The molecule has 3 rings (SSSR count).